The zero-order chi connectivity index (χ0) is 21.8. The average Bonchev–Trinajstić information content (AvgIpc) is 3.36. The van der Waals surface area contributed by atoms with Crippen molar-refractivity contribution < 1.29 is 9.15 Å². The van der Waals surface area contributed by atoms with Gasteiger partial charge in [0.15, 0.2) is 5.96 Å². The lowest BCUT2D eigenvalue weighted by Crippen LogP contribution is -2.39. The van der Waals surface area contributed by atoms with Crippen LogP contribution in [0.1, 0.15) is 22.5 Å². The molecule has 7 heteroatoms. The van der Waals surface area contributed by atoms with Gasteiger partial charge in [-0.05, 0) is 28.8 Å². The van der Waals surface area contributed by atoms with E-state index in [1.165, 1.54) is 16.7 Å². The number of halogens is 1. The van der Waals surface area contributed by atoms with Crippen LogP contribution in [0.5, 0.6) is 0 Å². The molecule has 1 aliphatic rings. The molecule has 0 amide bonds. The molecule has 4 rings (SSSR count). The van der Waals surface area contributed by atoms with Gasteiger partial charge in [-0.2, -0.15) is 0 Å². The first kappa shape index (κ1) is 25.3. The summed E-state index contributed by atoms with van der Waals surface area (Å²) >= 11 is 0. The average molecular weight is 560 g/mol. The first-order chi connectivity index (χ1) is 15.9. The fraction of sp³-hybridized carbons (Fsp3) is 0.346. The van der Waals surface area contributed by atoms with E-state index >= 15 is 0 Å². The molecule has 33 heavy (non-hydrogen) atoms. The van der Waals surface area contributed by atoms with E-state index in [0.717, 1.165) is 64.1 Å². The molecule has 2 aromatic carbocycles. The Labute approximate surface area is 213 Å². The molecular formula is C26H33IN4O2. The quantitative estimate of drug-likeness (QED) is 0.233. The van der Waals surface area contributed by atoms with E-state index in [2.05, 4.69) is 51.9 Å². The number of ether oxygens (including phenoxy) is 1. The van der Waals surface area contributed by atoms with Crippen LogP contribution < -0.4 is 10.6 Å². The van der Waals surface area contributed by atoms with Crippen molar-refractivity contribution in [1.82, 2.24) is 15.5 Å². The molecule has 1 aliphatic heterocycles. The minimum atomic E-state index is 0. The molecule has 0 saturated carbocycles. The summed E-state index contributed by atoms with van der Waals surface area (Å²) in [4.78, 5) is 7.26. The van der Waals surface area contributed by atoms with E-state index in [-0.39, 0.29) is 24.0 Å². The third-order valence-corrected chi connectivity index (χ3v) is 5.57. The Morgan fingerprint density at radius 3 is 2.39 bits per heavy atom. The molecule has 3 aromatic rings. The van der Waals surface area contributed by atoms with Crippen molar-refractivity contribution in [1.29, 1.82) is 0 Å². The lowest BCUT2D eigenvalue weighted by Gasteiger charge is -2.27. The fourth-order valence-corrected chi connectivity index (χ4v) is 3.75. The number of morpholine rings is 1. The Hall–Kier alpha value is -2.36. The number of rotatable bonds is 9. The van der Waals surface area contributed by atoms with Crippen LogP contribution >= 0.6 is 24.0 Å². The molecule has 0 bridgehead atoms. The van der Waals surface area contributed by atoms with Crippen LogP contribution in [0.3, 0.4) is 0 Å². The highest BCUT2D eigenvalue weighted by molar-refractivity contribution is 14.0. The van der Waals surface area contributed by atoms with Crippen molar-refractivity contribution in [3.63, 3.8) is 0 Å². The number of guanidine groups is 1. The number of benzene rings is 2. The smallest absolute Gasteiger partial charge is 0.191 e. The van der Waals surface area contributed by atoms with Gasteiger partial charge in [0.1, 0.15) is 5.76 Å². The van der Waals surface area contributed by atoms with Crippen LogP contribution in [0.4, 0.5) is 0 Å². The highest BCUT2D eigenvalue weighted by Crippen LogP contribution is 2.13. The zero-order valence-corrected chi connectivity index (χ0v) is 21.2. The first-order valence-electron chi connectivity index (χ1n) is 11.3. The topological polar surface area (TPSA) is 62.0 Å². The number of nitrogens with one attached hydrogen (secondary N) is 2. The molecule has 176 valence electrons. The van der Waals surface area contributed by atoms with Crippen LogP contribution in [0.2, 0.25) is 0 Å². The predicted octanol–water partition coefficient (Wildman–Crippen LogP) is 4.21. The number of furan rings is 1. The van der Waals surface area contributed by atoms with Gasteiger partial charge in [0, 0.05) is 39.1 Å². The molecule has 1 aromatic heterocycles. The number of hydrogen-bond donors (Lipinski definition) is 2. The van der Waals surface area contributed by atoms with Crippen molar-refractivity contribution in [2.75, 3.05) is 32.8 Å². The minimum Gasteiger partial charge on any atom is -0.469 e. The van der Waals surface area contributed by atoms with Crippen LogP contribution in [0, 0.1) is 0 Å². The fourth-order valence-electron chi connectivity index (χ4n) is 3.75. The molecule has 1 fully saturated rings. The summed E-state index contributed by atoms with van der Waals surface area (Å²) in [5.41, 5.74) is 3.83. The SMILES string of the molecule is I.c1ccc(CN=C(NCCc2ccco2)NCc2ccccc2CN2CCOCC2)cc1. The second-order valence-electron chi connectivity index (χ2n) is 7.92. The third kappa shape index (κ3) is 8.49. The van der Waals surface area contributed by atoms with E-state index in [0.29, 0.717) is 6.54 Å². The van der Waals surface area contributed by atoms with Gasteiger partial charge in [-0.25, -0.2) is 4.99 Å². The van der Waals surface area contributed by atoms with Gasteiger partial charge >= 0.3 is 0 Å². The molecule has 1 saturated heterocycles. The van der Waals surface area contributed by atoms with Gasteiger partial charge in [-0.1, -0.05) is 54.6 Å². The Morgan fingerprint density at radius 1 is 0.879 bits per heavy atom. The highest BCUT2D eigenvalue weighted by atomic mass is 127. The molecule has 0 radical (unpaired) electrons. The van der Waals surface area contributed by atoms with Crippen molar-refractivity contribution in [3.05, 3.63) is 95.4 Å². The number of hydrogen-bond acceptors (Lipinski definition) is 4. The van der Waals surface area contributed by atoms with Gasteiger partial charge in [0.25, 0.3) is 0 Å². The van der Waals surface area contributed by atoms with Gasteiger partial charge in [0.05, 0.1) is 26.0 Å². The monoisotopic (exact) mass is 560 g/mol. The summed E-state index contributed by atoms with van der Waals surface area (Å²) in [6.07, 6.45) is 2.52. The minimum absolute atomic E-state index is 0. The molecule has 6 nitrogen and oxygen atoms in total. The molecular weight excluding hydrogens is 527 g/mol. The Morgan fingerprint density at radius 2 is 1.64 bits per heavy atom. The summed E-state index contributed by atoms with van der Waals surface area (Å²) in [6.45, 7) is 6.66. The second-order valence-corrected chi connectivity index (χ2v) is 7.92. The van der Waals surface area contributed by atoms with Gasteiger partial charge < -0.3 is 19.8 Å². The second kappa shape index (κ2) is 14.0. The van der Waals surface area contributed by atoms with Crippen molar-refractivity contribution >= 4 is 29.9 Å². The van der Waals surface area contributed by atoms with Crippen LogP contribution in [-0.2, 0) is 30.8 Å². The summed E-state index contributed by atoms with van der Waals surface area (Å²) in [7, 11) is 0. The Balaban J connectivity index is 0.00000306. The normalized spacial score (nSPS) is 14.5. The maximum absolute atomic E-state index is 5.49. The maximum atomic E-state index is 5.49. The first-order valence-corrected chi connectivity index (χ1v) is 11.3. The molecule has 0 aliphatic carbocycles. The number of nitrogens with zero attached hydrogens (tertiary/aromatic N) is 2. The number of aliphatic imine (C=N–C) groups is 1. The van der Waals surface area contributed by atoms with E-state index in [1.54, 1.807) is 6.26 Å². The molecule has 0 atom stereocenters. The maximum Gasteiger partial charge on any atom is 0.191 e. The van der Waals surface area contributed by atoms with Crippen molar-refractivity contribution in [2.24, 2.45) is 4.99 Å². The zero-order valence-electron chi connectivity index (χ0n) is 18.9. The summed E-state index contributed by atoms with van der Waals surface area (Å²) in [5.74, 6) is 1.78. The molecule has 2 heterocycles. The van der Waals surface area contributed by atoms with Crippen molar-refractivity contribution in [2.45, 2.75) is 26.1 Å². The van der Waals surface area contributed by atoms with Gasteiger partial charge in [0.2, 0.25) is 0 Å². The van der Waals surface area contributed by atoms with E-state index < -0.39 is 0 Å². The highest BCUT2D eigenvalue weighted by Gasteiger charge is 2.13. The van der Waals surface area contributed by atoms with Crippen LogP contribution in [0.25, 0.3) is 0 Å². The molecule has 0 unspecified atom stereocenters. The van der Waals surface area contributed by atoms with Crippen molar-refractivity contribution in [3.8, 4) is 0 Å². The Kier molecular flexibility index (Phi) is 10.7. The Bertz CT molecular complexity index is 957. The third-order valence-electron chi connectivity index (χ3n) is 5.57. The summed E-state index contributed by atoms with van der Waals surface area (Å²) < 4.78 is 10.9. The van der Waals surface area contributed by atoms with E-state index in [1.807, 2.05) is 30.3 Å². The lowest BCUT2D eigenvalue weighted by atomic mass is 10.1. The van der Waals surface area contributed by atoms with E-state index in [9.17, 15) is 0 Å². The van der Waals surface area contributed by atoms with Crippen LogP contribution in [-0.4, -0.2) is 43.7 Å². The molecule has 0 spiro atoms. The largest absolute Gasteiger partial charge is 0.469 e. The lowest BCUT2D eigenvalue weighted by molar-refractivity contribution is 0.0341. The molecule has 2 N–H and O–H groups in total. The summed E-state index contributed by atoms with van der Waals surface area (Å²) in [6, 6.07) is 22.9. The van der Waals surface area contributed by atoms with Gasteiger partial charge in [-0.15, -0.1) is 24.0 Å². The summed E-state index contributed by atoms with van der Waals surface area (Å²) in [5, 5.41) is 6.98. The van der Waals surface area contributed by atoms with E-state index in [4.69, 9.17) is 14.1 Å². The van der Waals surface area contributed by atoms with Crippen LogP contribution in [0.15, 0.2) is 82.4 Å². The standard InChI is InChI=1S/C26H32N4O2.HI/c1-2-7-22(8-3-1)19-28-26(27-13-12-25-11-6-16-32-25)29-20-23-9-4-5-10-24(23)21-30-14-17-31-18-15-30;/h1-11,16H,12-15,17-21H2,(H2,27,28,29);1H. The predicted molar refractivity (Wildman–Crippen MR) is 143 cm³/mol. The van der Waals surface area contributed by atoms with Gasteiger partial charge in [-0.3, -0.25) is 4.90 Å².